The SMILES string of the molecule is COc1ccccc1N1CCN(Cc2cc(Cn3cnc4ccccc43)c3cccnc3c2O)CC1. The molecule has 1 aliphatic rings. The number of pyridine rings is 1. The summed E-state index contributed by atoms with van der Waals surface area (Å²) in [5, 5.41) is 12.1. The van der Waals surface area contributed by atoms with Gasteiger partial charge in [0.2, 0.25) is 0 Å². The first-order valence-corrected chi connectivity index (χ1v) is 12.3. The minimum atomic E-state index is 0.275. The average molecular weight is 480 g/mol. The number of hydrogen-bond acceptors (Lipinski definition) is 6. The number of phenolic OH excluding ortho intramolecular Hbond substituents is 1. The Balaban J connectivity index is 1.26. The van der Waals surface area contributed by atoms with Crippen molar-refractivity contribution in [2.45, 2.75) is 13.1 Å². The van der Waals surface area contributed by atoms with Crippen molar-refractivity contribution in [1.82, 2.24) is 19.4 Å². The minimum absolute atomic E-state index is 0.275. The summed E-state index contributed by atoms with van der Waals surface area (Å²) >= 11 is 0. The van der Waals surface area contributed by atoms with Crippen LogP contribution in [0.15, 0.2) is 79.3 Å². The number of aromatic nitrogens is 3. The molecule has 0 bridgehead atoms. The molecule has 6 rings (SSSR count). The van der Waals surface area contributed by atoms with Crippen LogP contribution in [0.4, 0.5) is 5.69 Å². The predicted octanol–water partition coefficient (Wildman–Crippen LogP) is 4.67. The third-order valence-electron chi connectivity index (χ3n) is 7.09. The Morgan fingerprint density at radius 2 is 1.67 bits per heavy atom. The molecule has 0 amide bonds. The molecule has 0 atom stereocenters. The van der Waals surface area contributed by atoms with Gasteiger partial charge in [-0.1, -0.05) is 30.3 Å². The summed E-state index contributed by atoms with van der Waals surface area (Å²) < 4.78 is 7.72. The molecule has 3 aromatic carbocycles. The van der Waals surface area contributed by atoms with E-state index in [1.807, 2.05) is 48.8 Å². The van der Waals surface area contributed by atoms with Gasteiger partial charge in [0.05, 0.1) is 30.2 Å². The van der Waals surface area contributed by atoms with E-state index >= 15 is 0 Å². The summed E-state index contributed by atoms with van der Waals surface area (Å²) in [6.07, 6.45) is 3.63. The van der Waals surface area contributed by atoms with Gasteiger partial charge in [0.1, 0.15) is 17.0 Å². The zero-order valence-electron chi connectivity index (χ0n) is 20.3. The minimum Gasteiger partial charge on any atom is -0.505 e. The Labute approximate surface area is 210 Å². The van der Waals surface area contributed by atoms with Crippen molar-refractivity contribution in [3.63, 3.8) is 0 Å². The van der Waals surface area contributed by atoms with E-state index < -0.39 is 0 Å². The highest BCUT2D eigenvalue weighted by Gasteiger charge is 2.22. The Morgan fingerprint density at radius 1 is 0.861 bits per heavy atom. The predicted molar refractivity (Wildman–Crippen MR) is 143 cm³/mol. The molecule has 0 spiro atoms. The summed E-state index contributed by atoms with van der Waals surface area (Å²) in [7, 11) is 1.72. The topological polar surface area (TPSA) is 66.7 Å². The summed E-state index contributed by atoms with van der Waals surface area (Å²) in [5.74, 6) is 1.18. The Kier molecular flexibility index (Phi) is 5.91. The van der Waals surface area contributed by atoms with E-state index in [2.05, 4.69) is 48.6 Å². The fourth-order valence-corrected chi connectivity index (χ4v) is 5.21. The van der Waals surface area contributed by atoms with Crippen molar-refractivity contribution in [2.75, 3.05) is 38.2 Å². The van der Waals surface area contributed by atoms with Crippen LogP contribution in [0.5, 0.6) is 11.5 Å². The van der Waals surface area contributed by atoms with E-state index in [0.29, 0.717) is 18.6 Å². The second kappa shape index (κ2) is 9.51. The lowest BCUT2D eigenvalue weighted by Gasteiger charge is -2.36. The van der Waals surface area contributed by atoms with E-state index in [9.17, 15) is 5.11 Å². The number of phenols is 1. The second-order valence-corrected chi connectivity index (χ2v) is 9.24. The first kappa shape index (κ1) is 22.4. The molecule has 1 aliphatic heterocycles. The van der Waals surface area contributed by atoms with E-state index in [1.165, 1.54) is 0 Å². The molecule has 1 N–H and O–H groups in total. The molecule has 7 heteroatoms. The molecular weight excluding hydrogens is 450 g/mol. The maximum Gasteiger partial charge on any atom is 0.146 e. The average Bonchev–Trinajstić information content (AvgIpc) is 3.34. The maximum absolute atomic E-state index is 11.2. The second-order valence-electron chi connectivity index (χ2n) is 9.24. The van der Waals surface area contributed by atoms with E-state index in [-0.39, 0.29) is 5.75 Å². The lowest BCUT2D eigenvalue weighted by Crippen LogP contribution is -2.46. The zero-order valence-corrected chi connectivity index (χ0v) is 20.3. The van der Waals surface area contributed by atoms with Crippen molar-refractivity contribution in [3.8, 4) is 11.5 Å². The third kappa shape index (κ3) is 4.12. The molecule has 7 nitrogen and oxygen atoms in total. The van der Waals surface area contributed by atoms with Crippen LogP contribution < -0.4 is 9.64 Å². The standard InChI is InChI=1S/C29H29N5O2/c1-36-27-11-5-4-10-26(27)33-15-13-32(14-16-33)18-22-17-21(23-7-6-12-30-28(23)29(22)35)19-34-20-31-24-8-2-3-9-25(24)34/h2-12,17,20,35H,13-16,18-19H2,1H3. The van der Waals surface area contributed by atoms with Gasteiger partial charge in [-0.2, -0.15) is 0 Å². The number of fused-ring (bicyclic) bond motifs is 2. The Bertz CT molecular complexity index is 1520. The smallest absolute Gasteiger partial charge is 0.146 e. The van der Waals surface area contributed by atoms with Crippen LogP contribution >= 0.6 is 0 Å². The van der Waals surface area contributed by atoms with Gasteiger partial charge in [-0.3, -0.25) is 9.88 Å². The van der Waals surface area contributed by atoms with Crippen LogP contribution in [0.1, 0.15) is 11.1 Å². The van der Waals surface area contributed by atoms with Gasteiger partial charge in [0.15, 0.2) is 0 Å². The lowest BCUT2D eigenvalue weighted by atomic mass is 10.0. The van der Waals surface area contributed by atoms with Gasteiger partial charge in [-0.15, -0.1) is 0 Å². The summed E-state index contributed by atoms with van der Waals surface area (Å²) in [5.41, 5.74) is 5.89. The van der Waals surface area contributed by atoms with Crippen LogP contribution in [0.25, 0.3) is 21.9 Å². The van der Waals surface area contributed by atoms with Crippen LogP contribution in [-0.4, -0.2) is 57.8 Å². The van der Waals surface area contributed by atoms with Gasteiger partial charge in [-0.05, 0) is 42.0 Å². The van der Waals surface area contributed by atoms with Crippen LogP contribution in [0, 0.1) is 0 Å². The third-order valence-corrected chi connectivity index (χ3v) is 7.09. The molecule has 0 saturated carbocycles. The molecule has 1 fully saturated rings. The number of imidazole rings is 1. The molecule has 0 unspecified atom stereocenters. The molecule has 3 heterocycles. The molecule has 0 radical (unpaired) electrons. The number of aromatic hydroxyl groups is 1. The van der Waals surface area contributed by atoms with Gasteiger partial charge in [0.25, 0.3) is 0 Å². The number of para-hydroxylation sites is 4. The van der Waals surface area contributed by atoms with E-state index in [4.69, 9.17) is 4.74 Å². The number of piperazine rings is 1. The number of rotatable bonds is 6. The largest absolute Gasteiger partial charge is 0.505 e. The summed E-state index contributed by atoms with van der Waals surface area (Å²) in [6.45, 7) is 4.95. The van der Waals surface area contributed by atoms with Crippen LogP contribution in [-0.2, 0) is 13.1 Å². The van der Waals surface area contributed by atoms with Gasteiger partial charge < -0.3 is 19.3 Å². The van der Waals surface area contributed by atoms with E-state index in [0.717, 1.165) is 65.2 Å². The van der Waals surface area contributed by atoms with Crippen LogP contribution in [0.3, 0.4) is 0 Å². The quantitative estimate of drug-likeness (QED) is 0.382. The summed E-state index contributed by atoms with van der Waals surface area (Å²) in [6, 6.07) is 22.4. The molecule has 182 valence electrons. The highest BCUT2D eigenvalue weighted by atomic mass is 16.5. The Hall–Kier alpha value is -4.10. The lowest BCUT2D eigenvalue weighted by molar-refractivity contribution is 0.246. The van der Waals surface area contributed by atoms with Gasteiger partial charge in [0, 0.05) is 56.4 Å². The fourth-order valence-electron chi connectivity index (χ4n) is 5.21. The van der Waals surface area contributed by atoms with Crippen molar-refractivity contribution < 1.29 is 9.84 Å². The monoisotopic (exact) mass is 479 g/mol. The Morgan fingerprint density at radius 3 is 2.53 bits per heavy atom. The van der Waals surface area contributed by atoms with Crippen LogP contribution in [0.2, 0.25) is 0 Å². The first-order valence-electron chi connectivity index (χ1n) is 12.3. The summed E-state index contributed by atoms with van der Waals surface area (Å²) in [4.78, 5) is 13.9. The molecule has 5 aromatic rings. The van der Waals surface area contributed by atoms with E-state index in [1.54, 1.807) is 13.3 Å². The zero-order chi connectivity index (χ0) is 24.5. The first-order chi connectivity index (χ1) is 17.7. The van der Waals surface area contributed by atoms with Crippen molar-refractivity contribution in [2.24, 2.45) is 0 Å². The maximum atomic E-state index is 11.2. The molecule has 1 saturated heterocycles. The van der Waals surface area contributed by atoms with Crippen molar-refractivity contribution in [1.29, 1.82) is 0 Å². The van der Waals surface area contributed by atoms with Crippen molar-refractivity contribution in [3.05, 3.63) is 90.4 Å². The molecule has 2 aromatic heterocycles. The molecule has 0 aliphatic carbocycles. The molecular formula is C29H29N5O2. The molecule has 36 heavy (non-hydrogen) atoms. The van der Waals surface area contributed by atoms with Gasteiger partial charge >= 0.3 is 0 Å². The number of methoxy groups -OCH3 is 1. The highest BCUT2D eigenvalue weighted by Crippen LogP contribution is 2.33. The van der Waals surface area contributed by atoms with Crippen molar-refractivity contribution >= 4 is 27.6 Å². The number of anilines is 1. The normalized spacial score (nSPS) is 14.5. The fraction of sp³-hybridized carbons (Fsp3) is 0.241. The number of benzene rings is 3. The number of hydrogen-bond donors (Lipinski definition) is 1. The highest BCUT2D eigenvalue weighted by molar-refractivity contribution is 5.89. The number of nitrogens with zero attached hydrogens (tertiary/aromatic N) is 5. The van der Waals surface area contributed by atoms with Gasteiger partial charge in [-0.25, -0.2) is 4.98 Å². The number of ether oxygens (including phenoxy) is 1.